The summed E-state index contributed by atoms with van der Waals surface area (Å²) in [6, 6.07) is 0. The first-order chi connectivity index (χ1) is 3.71. The molecule has 0 amide bonds. The lowest BCUT2D eigenvalue weighted by molar-refractivity contribution is -0.794. The van der Waals surface area contributed by atoms with Crippen molar-refractivity contribution in [1.29, 1.82) is 0 Å². The first-order valence-corrected chi connectivity index (χ1v) is 3.04. The molecule has 1 aliphatic rings. The van der Waals surface area contributed by atoms with E-state index in [9.17, 15) is 0 Å². The van der Waals surface area contributed by atoms with Gasteiger partial charge in [-0.1, -0.05) is 0 Å². The van der Waals surface area contributed by atoms with Crippen molar-refractivity contribution in [3.05, 3.63) is 0 Å². The van der Waals surface area contributed by atoms with E-state index in [1.54, 1.807) is 0 Å². The van der Waals surface area contributed by atoms with Crippen LogP contribution in [0.1, 0.15) is 6.42 Å². The molecule has 0 aromatic heterocycles. The van der Waals surface area contributed by atoms with Crippen molar-refractivity contribution in [2.45, 2.75) is 6.42 Å². The second-order valence-corrected chi connectivity index (χ2v) is 2.88. The summed E-state index contributed by atoms with van der Waals surface area (Å²) in [5, 5.41) is 0. The third-order valence-corrected chi connectivity index (χ3v) is 1.42. The molecule has 0 bridgehead atoms. The minimum absolute atomic E-state index is 0.958. The Morgan fingerprint density at radius 2 is 2.25 bits per heavy atom. The van der Waals surface area contributed by atoms with Gasteiger partial charge in [-0.05, 0) is 0 Å². The maximum Gasteiger partial charge on any atom is 0.184 e. The highest BCUT2D eigenvalue weighted by Gasteiger charge is 2.13. The largest absolute Gasteiger partial charge is 0.286 e. The molecule has 46 valence electrons. The summed E-state index contributed by atoms with van der Waals surface area (Å²) in [6.45, 7) is 2.27. The zero-order valence-electron chi connectivity index (χ0n) is 5.59. The molecule has 2 nitrogen and oxygen atoms in total. The molecule has 1 rings (SSSR count). The van der Waals surface area contributed by atoms with Crippen LogP contribution in [0.5, 0.6) is 0 Å². The van der Waals surface area contributed by atoms with Crippen molar-refractivity contribution in [2.24, 2.45) is 4.99 Å². The van der Waals surface area contributed by atoms with Crippen LogP contribution < -0.4 is 0 Å². The van der Waals surface area contributed by atoms with Gasteiger partial charge in [-0.25, -0.2) is 4.99 Å². The van der Waals surface area contributed by atoms with Gasteiger partial charge < -0.3 is 0 Å². The number of hydrogen-bond donors (Lipinski definition) is 0. The van der Waals surface area contributed by atoms with Gasteiger partial charge in [0.2, 0.25) is 0 Å². The molecule has 0 saturated heterocycles. The SMILES string of the molecule is C[N+]1(C)C=NCCC1. The fourth-order valence-corrected chi connectivity index (χ4v) is 0.906. The van der Waals surface area contributed by atoms with E-state index < -0.39 is 0 Å². The van der Waals surface area contributed by atoms with Crippen LogP contribution in [0.3, 0.4) is 0 Å². The third-order valence-electron chi connectivity index (χ3n) is 1.42. The molecule has 0 saturated carbocycles. The monoisotopic (exact) mass is 113 g/mol. The van der Waals surface area contributed by atoms with Crippen molar-refractivity contribution >= 4 is 6.34 Å². The number of hydrogen-bond acceptors (Lipinski definition) is 1. The molecule has 0 spiro atoms. The highest BCUT2D eigenvalue weighted by molar-refractivity contribution is 5.46. The Kier molecular flexibility index (Phi) is 1.34. The Morgan fingerprint density at radius 3 is 2.50 bits per heavy atom. The van der Waals surface area contributed by atoms with E-state index in [1.807, 2.05) is 6.34 Å². The highest BCUT2D eigenvalue weighted by atomic mass is 15.3. The molecule has 0 fully saturated rings. The lowest BCUT2D eigenvalue weighted by Gasteiger charge is -2.25. The Labute approximate surface area is 50.4 Å². The topological polar surface area (TPSA) is 12.4 Å². The van der Waals surface area contributed by atoms with E-state index in [2.05, 4.69) is 19.1 Å². The minimum atomic E-state index is 0.958. The Morgan fingerprint density at radius 1 is 1.50 bits per heavy atom. The maximum atomic E-state index is 4.18. The van der Waals surface area contributed by atoms with Crippen LogP contribution in [-0.4, -0.2) is 38.0 Å². The van der Waals surface area contributed by atoms with Crippen LogP contribution in [0.25, 0.3) is 0 Å². The molecular formula is C6H13N2+. The summed E-state index contributed by atoms with van der Waals surface area (Å²) in [6.07, 6.45) is 3.26. The van der Waals surface area contributed by atoms with Crippen molar-refractivity contribution in [2.75, 3.05) is 27.2 Å². The molecule has 8 heavy (non-hydrogen) atoms. The Bertz CT molecular complexity index is 105. The first-order valence-electron chi connectivity index (χ1n) is 3.04. The van der Waals surface area contributed by atoms with Gasteiger partial charge >= 0.3 is 0 Å². The van der Waals surface area contributed by atoms with Crippen LogP contribution in [0, 0.1) is 0 Å². The first kappa shape index (κ1) is 5.76. The third kappa shape index (κ3) is 1.30. The van der Waals surface area contributed by atoms with E-state index in [1.165, 1.54) is 13.0 Å². The van der Waals surface area contributed by atoms with E-state index in [4.69, 9.17) is 0 Å². The second-order valence-electron chi connectivity index (χ2n) is 2.88. The number of rotatable bonds is 0. The highest BCUT2D eigenvalue weighted by Crippen LogP contribution is 2.00. The number of quaternary nitrogens is 1. The van der Waals surface area contributed by atoms with Crippen molar-refractivity contribution in [1.82, 2.24) is 0 Å². The molecule has 1 aliphatic heterocycles. The van der Waals surface area contributed by atoms with E-state index >= 15 is 0 Å². The van der Waals surface area contributed by atoms with Gasteiger partial charge in [0, 0.05) is 13.0 Å². The molecule has 2 heteroatoms. The molecule has 0 radical (unpaired) electrons. The lowest BCUT2D eigenvalue weighted by atomic mass is 10.3. The molecule has 0 N–H and O–H groups in total. The van der Waals surface area contributed by atoms with Crippen LogP contribution in [0.4, 0.5) is 0 Å². The van der Waals surface area contributed by atoms with Crippen molar-refractivity contribution < 1.29 is 4.48 Å². The fraction of sp³-hybridized carbons (Fsp3) is 0.833. The van der Waals surface area contributed by atoms with Crippen LogP contribution in [0.15, 0.2) is 4.99 Å². The van der Waals surface area contributed by atoms with Gasteiger partial charge in [-0.2, -0.15) is 0 Å². The average molecular weight is 113 g/mol. The molecule has 0 aromatic rings. The van der Waals surface area contributed by atoms with Crippen molar-refractivity contribution in [3.8, 4) is 0 Å². The van der Waals surface area contributed by atoms with Gasteiger partial charge in [0.15, 0.2) is 6.34 Å². The zero-order valence-corrected chi connectivity index (χ0v) is 5.59. The number of aliphatic imine (C=N–C) groups is 1. The Hall–Kier alpha value is -0.370. The van der Waals surface area contributed by atoms with Gasteiger partial charge in [0.1, 0.15) is 0 Å². The molecule has 0 unspecified atom stereocenters. The smallest absolute Gasteiger partial charge is 0.184 e. The van der Waals surface area contributed by atoms with Gasteiger partial charge in [-0.3, -0.25) is 4.48 Å². The lowest BCUT2D eigenvalue weighted by Crippen LogP contribution is -2.41. The molecule has 0 aliphatic carbocycles. The molecule has 1 heterocycles. The molecule has 0 aromatic carbocycles. The molecular weight excluding hydrogens is 100 g/mol. The average Bonchev–Trinajstić information content (AvgIpc) is 1.65. The summed E-state index contributed by atoms with van der Waals surface area (Å²) in [4.78, 5) is 4.18. The van der Waals surface area contributed by atoms with Crippen LogP contribution in [-0.2, 0) is 0 Å². The Balaban J connectivity index is 2.56. The summed E-state index contributed by atoms with van der Waals surface area (Å²) in [5.74, 6) is 0. The van der Waals surface area contributed by atoms with Gasteiger partial charge in [0.05, 0.1) is 20.6 Å². The minimum Gasteiger partial charge on any atom is -0.286 e. The van der Waals surface area contributed by atoms with E-state index in [0.29, 0.717) is 0 Å². The van der Waals surface area contributed by atoms with Gasteiger partial charge in [-0.15, -0.1) is 0 Å². The molecule has 0 atom stereocenters. The maximum absolute atomic E-state index is 4.18. The predicted molar refractivity (Wildman–Crippen MR) is 35.0 cm³/mol. The second kappa shape index (κ2) is 1.86. The standard InChI is InChI=1S/C6H13N2/c1-8(2)5-3-4-7-6-8/h6H,3-5H2,1-2H3/q+1. The van der Waals surface area contributed by atoms with Crippen LogP contribution in [0.2, 0.25) is 0 Å². The number of nitrogens with zero attached hydrogens (tertiary/aromatic N) is 2. The fourth-order valence-electron chi connectivity index (χ4n) is 0.906. The quantitative estimate of drug-likeness (QED) is 0.405. The van der Waals surface area contributed by atoms with E-state index in [0.717, 1.165) is 11.0 Å². The normalized spacial score (nSPS) is 25.8. The van der Waals surface area contributed by atoms with Gasteiger partial charge in [0.25, 0.3) is 0 Å². The van der Waals surface area contributed by atoms with Crippen LogP contribution >= 0.6 is 0 Å². The summed E-state index contributed by atoms with van der Waals surface area (Å²) >= 11 is 0. The van der Waals surface area contributed by atoms with E-state index in [-0.39, 0.29) is 0 Å². The summed E-state index contributed by atoms with van der Waals surface area (Å²) in [7, 11) is 4.34. The summed E-state index contributed by atoms with van der Waals surface area (Å²) in [5.41, 5.74) is 0. The zero-order chi connectivity index (χ0) is 6.04. The predicted octanol–water partition coefficient (Wildman–Crippen LogP) is 0.495. The summed E-state index contributed by atoms with van der Waals surface area (Å²) < 4.78 is 0.958. The van der Waals surface area contributed by atoms with Crippen molar-refractivity contribution in [3.63, 3.8) is 0 Å².